The van der Waals surface area contributed by atoms with Crippen LogP contribution in [0.25, 0.3) is 0 Å². The fourth-order valence-corrected chi connectivity index (χ4v) is 7.34. The molecule has 0 radical (unpaired) electrons. The first kappa shape index (κ1) is 26.6. The summed E-state index contributed by atoms with van der Waals surface area (Å²) in [7, 11) is 4.66. The van der Waals surface area contributed by atoms with Crippen LogP contribution in [0.4, 0.5) is 0 Å². The van der Waals surface area contributed by atoms with Crippen molar-refractivity contribution in [2.45, 2.75) is 38.5 Å². The van der Waals surface area contributed by atoms with Gasteiger partial charge in [-0.25, -0.2) is 0 Å². The Bertz CT molecular complexity index is 861. The number of benzene rings is 3. The van der Waals surface area contributed by atoms with Crippen LogP contribution >= 0.6 is 7.92 Å². The Kier molecular flexibility index (Phi) is 11.8. The minimum absolute atomic E-state index is 0.693. The fourth-order valence-electron chi connectivity index (χ4n) is 4.43. The Morgan fingerprint density at radius 2 is 0.765 bits per heavy atom. The summed E-state index contributed by atoms with van der Waals surface area (Å²) in [5.41, 5.74) is 4.30. The molecule has 34 heavy (non-hydrogen) atoms. The molecule has 0 saturated carbocycles. The molecule has 4 heteroatoms. The summed E-state index contributed by atoms with van der Waals surface area (Å²) in [6, 6.07) is 27.1. The van der Waals surface area contributed by atoms with Crippen molar-refractivity contribution in [3.8, 4) is 0 Å². The topological polar surface area (TPSA) is 27.7 Å². The summed E-state index contributed by atoms with van der Waals surface area (Å²) in [6.45, 7) is 2.36. The quantitative estimate of drug-likeness (QED) is 0.223. The fraction of sp³-hybridized carbons (Fsp3) is 0.400. The molecule has 3 nitrogen and oxygen atoms in total. The van der Waals surface area contributed by atoms with Gasteiger partial charge in [-0.2, -0.15) is 0 Å². The van der Waals surface area contributed by atoms with E-state index in [9.17, 15) is 0 Å². The van der Waals surface area contributed by atoms with Gasteiger partial charge >= 0.3 is 0 Å². The average Bonchev–Trinajstić information content (AvgIpc) is 2.87. The maximum atomic E-state index is 5.36. The number of methoxy groups -OCH3 is 3. The van der Waals surface area contributed by atoms with Gasteiger partial charge < -0.3 is 14.2 Å². The van der Waals surface area contributed by atoms with Crippen molar-refractivity contribution in [2.75, 3.05) is 41.2 Å². The Morgan fingerprint density at radius 3 is 1.06 bits per heavy atom. The van der Waals surface area contributed by atoms with Crippen LogP contribution in [0.1, 0.15) is 36.0 Å². The van der Waals surface area contributed by atoms with Gasteiger partial charge in [0.05, 0.1) is 0 Å². The van der Waals surface area contributed by atoms with Crippen molar-refractivity contribution >= 4 is 23.8 Å². The van der Waals surface area contributed by atoms with E-state index in [-0.39, 0.29) is 0 Å². The molecule has 0 spiro atoms. The molecule has 0 N–H and O–H groups in total. The molecule has 0 aliphatic heterocycles. The third kappa shape index (κ3) is 7.48. The van der Waals surface area contributed by atoms with Crippen molar-refractivity contribution in [1.82, 2.24) is 0 Å². The minimum Gasteiger partial charge on any atom is -0.385 e. The second-order valence-corrected chi connectivity index (χ2v) is 10.6. The van der Waals surface area contributed by atoms with Gasteiger partial charge in [-0.15, -0.1) is 0 Å². The summed E-state index contributed by atoms with van der Waals surface area (Å²) in [6.07, 6.45) is 6.17. The number of hydrogen-bond donors (Lipinski definition) is 0. The van der Waals surface area contributed by atoms with E-state index in [1.54, 1.807) is 21.3 Å². The van der Waals surface area contributed by atoms with Crippen LogP contribution in [0.5, 0.6) is 0 Å². The summed E-state index contributed by atoms with van der Waals surface area (Å²) in [4.78, 5) is 0. The number of ether oxygens (including phenoxy) is 3. The predicted octanol–water partition coefficient (Wildman–Crippen LogP) is 5.18. The first-order chi connectivity index (χ1) is 16.8. The number of aryl methyl sites for hydroxylation is 3. The van der Waals surface area contributed by atoms with Crippen molar-refractivity contribution < 1.29 is 14.2 Å². The van der Waals surface area contributed by atoms with E-state index >= 15 is 0 Å². The van der Waals surface area contributed by atoms with Gasteiger partial charge in [0.25, 0.3) is 0 Å². The van der Waals surface area contributed by atoms with Crippen molar-refractivity contribution in [2.24, 2.45) is 0 Å². The van der Waals surface area contributed by atoms with Gasteiger partial charge in [0.2, 0.25) is 0 Å². The van der Waals surface area contributed by atoms with E-state index in [0.717, 1.165) is 58.3 Å². The lowest BCUT2D eigenvalue weighted by Gasteiger charge is -2.27. The van der Waals surface area contributed by atoms with Crippen LogP contribution in [0.3, 0.4) is 0 Å². The molecular weight excluding hydrogens is 439 g/mol. The zero-order chi connectivity index (χ0) is 24.0. The Balaban J connectivity index is 2.11. The normalized spacial score (nSPS) is 11.3. The Labute approximate surface area is 207 Å². The molecule has 3 aromatic carbocycles. The molecule has 0 unspecified atom stereocenters. The third-order valence-corrected chi connectivity index (χ3v) is 8.84. The molecule has 0 fully saturated rings. The molecule has 0 aliphatic carbocycles. The van der Waals surface area contributed by atoms with E-state index in [1.165, 1.54) is 32.6 Å². The van der Waals surface area contributed by atoms with E-state index in [2.05, 4.69) is 72.8 Å². The smallest absolute Gasteiger partial charge is 0.0465 e. The highest BCUT2D eigenvalue weighted by Gasteiger charge is 2.23. The monoisotopic (exact) mass is 478 g/mol. The standard InChI is InChI=1S/C30H39O3P/c1-31-22-10-16-25-13-4-7-19-28(25)34(29-20-8-5-14-26(29)17-11-23-32-2)30-21-9-6-15-27(30)18-12-24-33-3/h4-9,13-15,19-21H,10-12,16-18,22-24H2,1-3H3. The molecule has 3 rings (SSSR count). The molecule has 3 aromatic rings. The lowest BCUT2D eigenvalue weighted by Crippen LogP contribution is -2.28. The first-order valence-electron chi connectivity index (χ1n) is 12.3. The van der Waals surface area contributed by atoms with Crippen LogP contribution < -0.4 is 15.9 Å². The SMILES string of the molecule is COCCCc1ccccc1P(c1ccccc1CCCOC)c1ccccc1CCCOC. The van der Waals surface area contributed by atoms with Crippen LogP contribution in [0.2, 0.25) is 0 Å². The molecule has 0 saturated heterocycles. The largest absolute Gasteiger partial charge is 0.385 e. The number of rotatable bonds is 15. The van der Waals surface area contributed by atoms with Crippen molar-refractivity contribution in [1.29, 1.82) is 0 Å². The zero-order valence-corrected chi connectivity index (χ0v) is 21.9. The zero-order valence-electron chi connectivity index (χ0n) is 21.0. The average molecular weight is 479 g/mol. The minimum atomic E-state index is -0.693. The van der Waals surface area contributed by atoms with Gasteiger partial charge in [0, 0.05) is 41.2 Å². The predicted molar refractivity (Wildman–Crippen MR) is 146 cm³/mol. The molecule has 0 aromatic heterocycles. The molecular formula is C30H39O3P. The number of hydrogen-bond acceptors (Lipinski definition) is 3. The summed E-state index contributed by atoms with van der Waals surface area (Å²) < 4.78 is 16.1. The van der Waals surface area contributed by atoms with Crippen LogP contribution in [0, 0.1) is 0 Å². The maximum absolute atomic E-state index is 5.36. The first-order valence-corrected chi connectivity index (χ1v) is 13.6. The van der Waals surface area contributed by atoms with E-state index in [0.29, 0.717) is 0 Å². The van der Waals surface area contributed by atoms with Crippen LogP contribution in [-0.2, 0) is 33.5 Å². The highest BCUT2D eigenvalue weighted by molar-refractivity contribution is 7.80. The molecule has 0 atom stereocenters. The maximum Gasteiger partial charge on any atom is 0.0465 e. The highest BCUT2D eigenvalue weighted by Crippen LogP contribution is 2.37. The second kappa shape index (κ2) is 15.1. The van der Waals surface area contributed by atoms with Gasteiger partial charge in [-0.3, -0.25) is 0 Å². The van der Waals surface area contributed by atoms with Crippen molar-refractivity contribution in [3.63, 3.8) is 0 Å². The van der Waals surface area contributed by atoms with Gasteiger partial charge in [0.15, 0.2) is 0 Å². The highest BCUT2D eigenvalue weighted by atomic mass is 31.1. The summed E-state index contributed by atoms with van der Waals surface area (Å²) in [5.74, 6) is 0. The lowest BCUT2D eigenvalue weighted by atomic mass is 10.1. The lowest BCUT2D eigenvalue weighted by molar-refractivity contribution is 0.195. The molecule has 182 valence electrons. The molecule has 0 bridgehead atoms. The second-order valence-electron chi connectivity index (χ2n) is 8.51. The Hall–Kier alpha value is -2.03. The van der Waals surface area contributed by atoms with E-state index < -0.39 is 7.92 Å². The van der Waals surface area contributed by atoms with Gasteiger partial charge in [-0.05, 0) is 79.1 Å². The summed E-state index contributed by atoms with van der Waals surface area (Å²) in [5, 5.41) is 4.39. The Morgan fingerprint density at radius 1 is 0.471 bits per heavy atom. The molecule has 0 heterocycles. The molecule has 0 amide bonds. The third-order valence-electron chi connectivity index (χ3n) is 6.08. The van der Waals surface area contributed by atoms with Crippen LogP contribution in [-0.4, -0.2) is 41.2 Å². The molecule has 0 aliphatic rings. The van der Waals surface area contributed by atoms with Gasteiger partial charge in [-0.1, -0.05) is 72.8 Å². The van der Waals surface area contributed by atoms with Crippen molar-refractivity contribution in [3.05, 3.63) is 89.5 Å². The summed E-state index contributed by atoms with van der Waals surface area (Å²) >= 11 is 0. The van der Waals surface area contributed by atoms with Gasteiger partial charge in [0.1, 0.15) is 0 Å². The van der Waals surface area contributed by atoms with E-state index in [1.807, 2.05) is 0 Å². The van der Waals surface area contributed by atoms with Crippen LogP contribution in [0.15, 0.2) is 72.8 Å². The van der Waals surface area contributed by atoms with E-state index in [4.69, 9.17) is 14.2 Å².